The Morgan fingerprint density at radius 2 is 2.08 bits per heavy atom. The molecule has 0 unspecified atom stereocenters. The maximum atomic E-state index is 10.7. The molecule has 0 aromatic rings. The van der Waals surface area contributed by atoms with Crippen LogP contribution in [-0.4, -0.2) is 48.2 Å². The molecule has 0 aliphatic carbocycles. The number of morpholine rings is 1. The number of ether oxygens (including phenoxy) is 1. The quantitative estimate of drug-likeness (QED) is 0.204. The first-order valence-electron chi connectivity index (χ1n) is 3.60. The molecule has 0 aromatic heterocycles. The Morgan fingerprint density at radius 1 is 1.50 bits per heavy atom. The topological polar surface area (TPSA) is 88.2 Å². The Hall–Kier alpha value is -1.30. The number of amidine groups is 1. The summed E-state index contributed by atoms with van der Waals surface area (Å²) in [6.45, 7) is 2.10. The van der Waals surface area contributed by atoms with Crippen LogP contribution in [0.25, 0.3) is 0 Å². The van der Waals surface area contributed by atoms with Crippen LogP contribution in [0.1, 0.15) is 0 Å². The van der Waals surface area contributed by atoms with Gasteiger partial charge in [-0.3, -0.25) is 4.79 Å². The lowest BCUT2D eigenvalue weighted by molar-refractivity contribution is -0.113. The molecule has 0 saturated carbocycles. The van der Waals surface area contributed by atoms with Crippen molar-refractivity contribution >= 4 is 11.7 Å². The lowest BCUT2D eigenvalue weighted by Gasteiger charge is -2.27. The van der Waals surface area contributed by atoms with Gasteiger partial charge < -0.3 is 20.6 Å². The highest BCUT2D eigenvalue weighted by Gasteiger charge is 2.19. The number of nitrogens with two attached hydrogens (primary N) is 1. The van der Waals surface area contributed by atoms with Crippen LogP contribution in [-0.2, 0) is 9.53 Å². The fraction of sp³-hybridized carbons (Fsp3) is 0.667. The summed E-state index contributed by atoms with van der Waals surface area (Å²) in [4.78, 5) is 12.3. The smallest absolute Gasteiger partial charge is 0.287 e. The maximum absolute atomic E-state index is 10.7. The molecule has 0 spiro atoms. The standard InChI is InChI=1S/C6H11N3O3/c7-5(10)6(8-11)9-1-3-12-4-2-9/h11H,1-4H2,(H2,7,10). The maximum Gasteiger partial charge on any atom is 0.287 e. The zero-order chi connectivity index (χ0) is 8.97. The van der Waals surface area contributed by atoms with Crippen LogP contribution in [0.4, 0.5) is 0 Å². The lowest BCUT2D eigenvalue weighted by Crippen LogP contribution is -2.46. The van der Waals surface area contributed by atoms with E-state index in [1.807, 2.05) is 0 Å². The minimum atomic E-state index is -0.723. The van der Waals surface area contributed by atoms with E-state index in [4.69, 9.17) is 15.7 Å². The number of amides is 1. The zero-order valence-corrected chi connectivity index (χ0v) is 6.56. The summed E-state index contributed by atoms with van der Waals surface area (Å²) < 4.78 is 5.04. The van der Waals surface area contributed by atoms with Crippen LogP contribution < -0.4 is 5.73 Å². The van der Waals surface area contributed by atoms with E-state index in [9.17, 15) is 4.79 Å². The third-order valence-electron chi connectivity index (χ3n) is 1.63. The van der Waals surface area contributed by atoms with Crippen molar-refractivity contribution in [3.8, 4) is 0 Å². The lowest BCUT2D eigenvalue weighted by atomic mass is 10.4. The first kappa shape index (κ1) is 8.79. The number of rotatable bonds is 0. The fourth-order valence-electron chi connectivity index (χ4n) is 1.04. The van der Waals surface area contributed by atoms with E-state index in [-0.39, 0.29) is 5.84 Å². The van der Waals surface area contributed by atoms with Crippen LogP contribution in [0.2, 0.25) is 0 Å². The molecule has 3 N–H and O–H groups in total. The number of carbonyl (C=O) groups is 1. The van der Waals surface area contributed by atoms with Gasteiger partial charge in [0.1, 0.15) is 0 Å². The molecule has 1 aliphatic heterocycles. The van der Waals surface area contributed by atoms with Gasteiger partial charge in [-0.1, -0.05) is 5.16 Å². The van der Waals surface area contributed by atoms with Gasteiger partial charge in [0.2, 0.25) is 5.84 Å². The van der Waals surface area contributed by atoms with Crippen LogP contribution in [0.3, 0.4) is 0 Å². The summed E-state index contributed by atoms with van der Waals surface area (Å²) in [5.74, 6) is -0.822. The van der Waals surface area contributed by atoms with Crippen molar-refractivity contribution in [3.63, 3.8) is 0 Å². The van der Waals surface area contributed by atoms with Gasteiger partial charge in [0.05, 0.1) is 13.2 Å². The Labute approximate surface area is 69.6 Å². The van der Waals surface area contributed by atoms with Crippen molar-refractivity contribution in [1.29, 1.82) is 0 Å². The van der Waals surface area contributed by atoms with Crippen molar-refractivity contribution in [2.24, 2.45) is 10.9 Å². The van der Waals surface area contributed by atoms with E-state index < -0.39 is 5.91 Å². The molecule has 1 rings (SSSR count). The number of nitrogens with zero attached hydrogens (tertiary/aromatic N) is 2. The second kappa shape index (κ2) is 3.91. The van der Waals surface area contributed by atoms with E-state index in [0.29, 0.717) is 26.3 Å². The van der Waals surface area contributed by atoms with Gasteiger partial charge in [-0.15, -0.1) is 0 Å². The Bertz CT molecular complexity index is 198. The van der Waals surface area contributed by atoms with Crippen molar-refractivity contribution in [3.05, 3.63) is 0 Å². The van der Waals surface area contributed by atoms with E-state index in [1.165, 1.54) is 0 Å². The highest BCUT2D eigenvalue weighted by atomic mass is 16.5. The van der Waals surface area contributed by atoms with E-state index >= 15 is 0 Å². The molecule has 12 heavy (non-hydrogen) atoms. The van der Waals surface area contributed by atoms with Crippen LogP contribution in [0.5, 0.6) is 0 Å². The van der Waals surface area contributed by atoms with E-state index in [1.54, 1.807) is 4.90 Å². The molecule has 6 nitrogen and oxygen atoms in total. The largest absolute Gasteiger partial charge is 0.409 e. The zero-order valence-electron chi connectivity index (χ0n) is 6.56. The Morgan fingerprint density at radius 3 is 2.50 bits per heavy atom. The van der Waals surface area contributed by atoms with Gasteiger partial charge in [-0.2, -0.15) is 0 Å². The number of primary amides is 1. The molecule has 1 fully saturated rings. The van der Waals surface area contributed by atoms with Gasteiger partial charge in [-0.05, 0) is 0 Å². The summed E-state index contributed by atoms with van der Waals surface area (Å²) in [5.41, 5.74) is 4.97. The van der Waals surface area contributed by atoms with Gasteiger partial charge in [0.25, 0.3) is 5.91 Å². The summed E-state index contributed by atoms with van der Waals surface area (Å²) in [7, 11) is 0. The molecular weight excluding hydrogens is 162 g/mol. The first-order valence-corrected chi connectivity index (χ1v) is 3.60. The summed E-state index contributed by atoms with van der Waals surface area (Å²) in [6, 6.07) is 0. The molecule has 1 amide bonds. The Balaban J connectivity index is 2.59. The summed E-state index contributed by atoms with van der Waals surface area (Å²) >= 11 is 0. The van der Waals surface area contributed by atoms with Crippen molar-refractivity contribution in [1.82, 2.24) is 4.90 Å². The fourth-order valence-corrected chi connectivity index (χ4v) is 1.04. The molecule has 0 aromatic carbocycles. The molecule has 6 heteroatoms. The van der Waals surface area contributed by atoms with Crippen molar-refractivity contribution in [2.45, 2.75) is 0 Å². The third kappa shape index (κ3) is 1.85. The van der Waals surface area contributed by atoms with Gasteiger partial charge in [-0.25, -0.2) is 0 Å². The second-order valence-corrected chi connectivity index (χ2v) is 2.39. The Kier molecular flexibility index (Phi) is 2.87. The van der Waals surface area contributed by atoms with Gasteiger partial charge >= 0.3 is 0 Å². The molecular formula is C6H11N3O3. The number of hydrogen-bond acceptors (Lipinski definition) is 4. The molecule has 0 radical (unpaired) electrons. The molecule has 1 saturated heterocycles. The number of hydrogen-bond donors (Lipinski definition) is 2. The van der Waals surface area contributed by atoms with Crippen LogP contribution in [0.15, 0.2) is 5.16 Å². The number of carbonyl (C=O) groups excluding carboxylic acids is 1. The van der Waals surface area contributed by atoms with Crippen LogP contribution >= 0.6 is 0 Å². The predicted molar refractivity (Wildman–Crippen MR) is 40.8 cm³/mol. The van der Waals surface area contributed by atoms with Gasteiger partial charge in [0.15, 0.2) is 0 Å². The minimum Gasteiger partial charge on any atom is -0.409 e. The third-order valence-corrected chi connectivity index (χ3v) is 1.63. The summed E-state index contributed by atoms with van der Waals surface area (Å²) in [5, 5.41) is 11.3. The molecule has 0 bridgehead atoms. The normalized spacial score (nSPS) is 19.3. The van der Waals surface area contributed by atoms with Crippen molar-refractivity contribution < 1.29 is 14.7 Å². The van der Waals surface area contributed by atoms with Gasteiger partial charge in [0, 0.05) is 13.1 Å². The average Bonchev–Trinajstić information content (AvgIpc) is 2.07. The molecule has 1 aliphatic rings. The van der Waals surface area contributed by atoms with E-state index in [0.717, 1.165) is 0 Å². The molecule has 0 atom stereocenters. The predicted octanol–water partition coefficient (Wildman–Crippen LogP) is -1.41. The average molecular weight is 173 g/mol. The molecule has 1 heterocycles. The second-order valence-electron chi connectivity index (χ2n) is 2.39. The van der Waals surface area contributed by atoms with E-state index in [2.05, 4.69) is 5.16 Å². The highest BCUT2D eigenvalue weighted by Crippen LogP contribution is 1.97. The number of oxime groups is 1. The van der Waals surface area contributed by atoms with Crippen LogP contribution in [0, 0.1) is 0 Å². The monoisotopic (exact) mass is 173 g/mol. The highest BCUT2D eigenvalue weighted by molar-refractivity contribution is 6.36. The minimum absolute atomic E-state index is 0.0988. The molecule has 68 valence electrons. The summed E-state index contributed by atoms with van der Waals surface area (Å²) in [6.07, 6.45) is 0. The first-order chi connectivity index (χ1) is 5.75. The SMILES string of the molecule is NC(=O)C(=NO)N1CCOCC1. The van der Waals surface area contributed by atoms with Crippen molar-refractivity contribution in [2.75, 3.05) is 26.3 Å².